The van der Waals surface area contributed by atoms with Gasteiger partial charge >= 0.3 is 0 Å². The SMILES string of the molecule is CCCC(C)NCCCOCCCl. The Kier molecular flexibility index (Phi) is 10.5. The monoisotopic (exact) mass is 207 g/mol. The molecule has 0 aromatic heterocycles. The van der Waals surface area contributed by atoms with Crippen LogP contribution in [-0.2, 0) is 4.74 Å². The van der Waals surface area contributed by atoms with E-state index >= 15 is 0 Å². The number of hydrogen-bond acceptors (Lipinski definition) is 2. The number of nitrogens with one attached hydrogen (secondary N) is 1. The fourth-order valence-corrected chi connectivity index (χ4v) is 1.32. The molecule has 0 radical (unpaired) electrons. The molecule has 13 heavy (non-hydrogen) atoms. The van der Waals surface area contributed by atoms with Gasteiger partial charge in [0.2, 0.25) is 0 Å². The van der Waals surface area contributed by atoms with E-state index in [1.807, 2.05) is 0 Å². The van der Waals surface area contributed by atoms with E-state index in [1.165, 1.54) is 12.8 Å². The van der Waals surface area contributed by atoms with Crippen molar-refractivity contribution in [2.45, 2.75) is 39.2 Å². The van der Waals surface area contributed by atoms with Crippen molar-refractivity contribution in [1.82, 2.24) is 5.32 Å². The minimum Gasteiger partial charge on any atom is -0.380 e. The van der Waals surface area contributed by atoms with Crippen molar-refractivity contribution in [1.29, 1.82) is 0 Å². The molecule has 1 unspecified atom stereocenters. The van der Waals surface area contributed by atoms with Gasteiger partial charge in [-0.2, -0.15) is 0 Å². The second-order valence-corrected chi connectivity index (χ2v) is 3.68. The molecule has 0 aliphatic carbocycles. The molecule has 3 heteroatoms. The van der Waals surface area contributed by atoms with Crippen molar-refractivity contribution in [3.8, 4) is 0 Å². The molecule has 0 aromatic carbocycles. The summed E-state index contributed by atoms with van der Waals surface area (Å²) >= 11 is 5.47. The topological polar surface area (TPSA) is 21.3 Å². The summed E-state index contributed by atoms with van der Waals surface area (Å²) in [4.78, 5) is 0. The quantitative estimate of drug-likeness (QED) is 0.463. The Labute approximate surface area is 87.0 Å². The number of ether oxygens (including phenoxy) is 1. The average molecular weight is 208 g/mol. The highest BCUT2D eigenvalue weighted by Crippen LogP contribution is 1.94. The van der Waals surface area contributed by atoms with Crippen LogP contribution in [0.25, 0.3) is 0 Å². The molecule has 0 aliphatic rings. The van der Waals surface area contributed by atoms with E-state index < -0.39 is 0 Å². The zero-order chi connectivity index (χ0) is 9.94. The van der Waals surface area contributed by atoms with Crippen molar-refractivity contribution < 1.29 is 4.74 Å². The molecule has 1 N–H and O–H groups in total. The van der Waals surface area contributed by atoms with Crippen molar-refractivity contribution in [2.24, 2.45) is 0 Å². The van der Waals surface area contributed by atoms with Gasteiger partial charge in [-0.1, -0.05) is 13.3 Å². The Morgan fingerprint density at radius 1 is 1.38 bits per heavy atom. The Morgan fingerprint density at radius 2 is 2.15 bits per heavy atom. The fraction of sp³-hybridized carbons (Fsp3) is 1.00. The summed E-state index contributed by atoms with van der Waals surface area (Å²) in [5.74, 6) is 0.597. The molecule has 0 fully saturated rings. The first-order valence-electron chi connectivity index (χ1n) is 5.18. The number of hydrogen-bond donors (Lipinski definition) is 1. The first-order valence-corrected chi connectivity index (χ1v) is 5.71. The molecule has 0 bridgehead atoms. The second-order valence-electron chi connectivity index (χ2n) is 3.30. The number of halogens is 1. The maximum atomic E-state index is 5.47. The molecule has 0 heterocycles. The van der Waals surface area contributed by atoms with Crippen LogP contribution in [0.1, 0.15) is 33.1 Å². The Morgan fingerprint density at radius 3 is 2.77 bits per heavy atom. The highest BCUT2D eigenvalue weighted by molar-refractivity contribution is 6.17. The molecule has 0 amide bonds. The van der Waals surface area contributed by atoms with Crippen LogP contribution in [0.5, 0.6) is 0 Å². The molecule has 0 aromatic rings. The summed E-state index contributed by atoms with van der Waals surface area (Å²) in [6.45, 7) is 6.97. The summed E-state index contributed by atoms with van der Waals surface area (Å²) in [5.41, 5.74) is 0. The highest BCUT2D eigenvalue weighted by Gasteiger charge is 1.97. The second kappa shape index (κ2) is 10.3. The minimum absolute atomic E-state index is 0.597. The van der Waals surface area contributed by atoms with Crippen LogP contribution in [0.3, 0.4) is 0 Å². The third-order valence-electron chi connectivity index (χ3n) is 1.90. The molecule has 0 saturated carbocycles. The van der Waals surface area contributed by atoms with Gasteiger partial charge in [0.1, 0.15) is 0 Å². The Hall–Kier alpha value is 0.210. The maximum absolute atomic E-state index is 5.47. The third-order valence-corrected chi connectivity index (χ3v) is 2.06. The molecule has 0 aliphatic heterocycles. The average Bonchev–Trinajstić information content (AvgIpc) is 2.11. The predicted octanol–water partition coefficient (Wildman–Crippen LogP) is 2.41. The van der Waals surface area contributed by atoms with Gasteiger partial charge in [-0.05, 0) is 26.3 Å². The normalized spacial score (nSPS) is 13.2. The number of rotatable bonds is 9. The smallest absolute Gasteiger partial charge is 0.0601 e. The van der Waals surface area contributed by atoms with Crippen molar-refractivity contribution in [3.05, 3.63) is 0 Å². The van der Waals surface area contributed by atoms with Crippen LogP contribution in [0.2, 0.25) is 0 Å². The molecule has 0 rings (SSSR count). The lowest BCUT2D eigenvalue weighted by atomic mass is 10.2. The first-order chi connectivity index (χ1) is 6.31. The molecule has 0 saturated heterocycles. The fourth-order valence-electron chi connectivity index (χ4n) is 1.21. The summed E-state index contributed by atoms with van der Waals surface area (Å²) in [5, 5.41) is 3.45. The highest BCUT2D eigenvalue weighted by atomic mass is 35.5. The van der Waals surface area contributed by atoms with Crippen LogP contribution in [0, 0.1) is 0 Å². The van der Waals surface area contributed by atoms with Gasteiger partial charge in [-0.3, -0.25) is 0 Å². The van der Waals surface area contributed by atoms with Crippen LogP contribution < -0.4 is 5.32 Å². The lowest BCUT2D eigenvalue weighted by Crippen LogP contribution is -2.27. The summed E-state index contributed by atoms with van der Waals surface area (Å²) in [6.07, 6.45) is 3.57. The zero-order valence-electron chi connectivity index (χ0n) is 8.81. The van der Waals surface area contributed by atoms with Gasteiger partial charge < -0.3 is 10.1 Å². The van der Waals surface area contributed by atoms with E-state index in [0.717, 1.165) is 19.6 Å². The van der Waals surface area contributed by atoms with Crippen molar-refractivity contribution in [3.63, 3.8) is 0 Å². The lowest BCUT2D eigenvalue weighted by molar-refractivity contribution is 0.146. The van der Waals surface area contributed by atoms with Gasteiger partial charge in [-0.25, -0.2) is 0 Å². The molecular weight excluding hydrogens is 186 g/mol. The Bertz CT molecular complexity index is 101. The van der Waals surface area contributed by atoms with Crippen LogP contribution in [-0.4, -0.2) is 31.7 Å². The van der Waals surface area contributed by atoms with E-state index in [4.69, 9.17) is 16.3 Å². The summed E-state index contributed by atoms with van der Waals surface area (Å²) < 4.78 is 5.25. The first kappa shape index (κ1) is 13.2. The van der Waals surface area contributed by atoms with E-state index in [1.54, 1.807) is 0 Å². The summed E-state index contributed by atoms with van der Waals surface area (Å²) in [7, 11) is 0. The number of alkyl halides is 1. The minimum atomic E-state index is 0.597. The molecule has 2 nitrogen and oxygen atoms in total. The largest absolute Gasteiger partial charge is 0.380 e. The maximum Gasteiger partial charge on any atom is 0.0601 e. The van der Waals surface area contributed by atoms with Crippen molar-refractivity contribution >= 4 is 11.6 Å². The van der Waals surface area contributed by atoms with E-state index in [2.05, 4.69) is 19.2 Å². The van der Waals surface area contributed by atoms with E-state index in [0.29, 0.717) is 18.5 Å². The van der Waals surface area contributed by atoms with Crippen LogP contribution in [0.15, 0.2) is 0 Å². The molecule has 0 spiro atoms. The summed E-state index contributed by atoms with van der Waals surface area (Å²) in [6, 6.07) is 0.637. The van der Waals surface area contributed by atoms with Crippen LogP contribution in [0.4, 0.5) is 0 Å². The Balaban J connectivity index is 2.97. The van der Waals surface area contributed by atoms with Gasteiger partial charge in [0, 0.05) is 18.5 Å². The molecule has 80 valence electrons. The van der Waals surface area contributed by atoms with E-state index in [9.17, 15) is 0 Å². The molecular formula is C10H22ClNO. The van der Waals surface area contributed by atoms with Gasteiger partial charge in [0.05, 0.1) is 6.61 Å². The van der Waals surface area contributed by atoms with Gasteiger partial charge in [0.15, 0.2) is 0 Å². The van der Waals surface area contributed by atoms with Crippen molar-refractivity contribution in [2.75, 3.05) is 25.6 Å². The van der Waals surface area contributed by atoms with Gasteiger partial charge in [-0.15, -0.1) is 11.6 Å². The predicted molar refractivity (Wildman–Crippen MR) is 58.5 cm³/mol. The molecule has 1 atom stereocenters. The third kappa shape index (κ3) is 10.1. The standard InChI is InChI=1S/C10H22ClNO/c1-3-5-10(2)12-7-4-8-13-9-6-11/h10,12H,3-9H2,1-2H3. The lowest BCUT2D eigenvalue weighted by Gasteiger charge is -2.12. The van der Waals surface area contributed by atoms with Crippen LogP contribution >= 0.6 is 11.6 Å². The van der Waals surface area contributed by atoms with E-state index in [-0.39, 0.29) is 0 Å². The zero-order valence-corrected chi connectivity index (χ0v) is 9.57. The van der Waals surface area contributed by atoms with Gasteiger partial charge in [0.25, 0.3) is 0 Å².